The molecule has 4 heteroatoms. The molecule has 1 rings (SSSR count). The number of aromatic amines is 1. The highest BCUT2D eigenvalue weighted by molar-refractivity contribution is 4.97. The molecule has 0 aliphatic carbocycles. The van der Waals surface area contributed by atoms with Crippen molar-refractivity contribution in [3.63, 3.8) is 0 Å². The van der Waals surface area contributed by atoms with Gasteiger partial charge in [-0.15, -0.1) is 0 Å². The lowest BCUT2D eigenvalue weighted by molar-refractivity contribution is 0.229. The molecule has 2 unspecified atom stereocenters. The first-order chi connectivity index (χ1) is 5.75. The average molecular weight is 171 g/mol. The van der Waals surface area contributed by atoms with E-state index in [4.69, 9.17) is 0 Å². The lowest BCUT2D eigenvalue weighted by Gasteiger charge is -2.12. The number of rotatable bonds is 4. The van der Waals surface area contributed by atoms with Crippen LogP contribution in [0.5, 0.6) is 0 Å². The van der Waals surface area contributed by atoms with Gasteiger partial charge >= 0.3 is 0 Å². The maximum Gasteiger partial charge on any atom is 0.148 e. The van der Waals surface area contributed by atoms with Crippen LogP contribution < -0.4 is 0 Å². The van der Waals surface area contributed by atoms with Crippen molar-refractivity contribution in [2.75, 3.05) is 0 Å². The van der Waals surface area contributed by atoms with Crippen molar-refractivity contribution in [2.45, 2.75) is 32.9 Å². The summed E-state index contributed by atoms with van der Waals surface area (Å²) in [4.78, 5) is 0. The van der Waals surface area contributed by atoms with Gasteiger partial charge < -0.3 is 0 Å². The fourth-order valence-electron chi connectivity index (χ4n) is 1.24. The Balaban J connectivity index is 2.53. The molecular weight excluding hydrogens is 157 g/mol. The summed E-state index contributed by atoms with van der Waals surface area (Å²) in [5.74, 6) is 0.0279. The van der Waals surface area contributed by atoms with E-state index in [1.807, 2.05) is 13.8 Å². The Morgan fingerprint density at radius 3 is 2.92 bits per heavy atom. The normalized spacial score (nSPS) is 15.9. The van der Waals surface area contributed by atoms with Crippen LogP contribution in [-0.2, 0) is 0 Å². The molecule has 0 bridgehead atoms. The number of alkyl halides is 1. The van der Waals surface area contributed by atoms with Crippen molar-refractivity contribution in [3.8, 4) is 0 Å². The van der Waals surface area contributed by atoms with Gasteiger partial charge in [0.2, 0.25) is 0 Å². The molecule has 0 fully saturated rings. The van der Waals surface area contributed by atoms with Crippen LogP contribution in [0.25, 0.3) is 0 Å². The Labute approximate surface area is 71.4 Å². The Morgan fingerprint density at radius 1 is 1.67 bits per heavy atom. The fourth-order valence-corrected chi connectivity index (χ4v) is 1.24. The highest BCUT2D eigenvalue weighted by Crippen LogP contribution is 2.26. The second-order valence-electron chi connectivity index (χ2n) is 3.06. The number of H-pyrrole nitrogens is 1. The van der Waals surface area contributed by atoms with E-state index in [-0.39, 0.29) is 5.92 Å². The van der Waals surface area contributed by atoms with Crippen LogP contribution in [-0.4, -0.2) is 15.4 Å². The smallest absolute Gasteiger partial charge is 0.148 e. The van der Waals surface area contributed by atoms with Gasteiger partial charge in [-0.2, -0.15) is 15.4 Å². The lowest BCUT2D eigenvalue weighted by Crippen LogP contribution is -2.04. The molecule has 2 atom stereocenters. The predicted octanol–water partition coefficient (Wildman–Crippen LogP) is 2.25. The topological polar surface area (TPSA) is 41.6 Å². The van der Waals surface area contributed by atoms with Crippen LogP contribution in [0.15, 0.2) is 6.20 Å². The van der Waals surface area contributed by atoms with Crippen molar-refractivity contribution < 1.29 is 4.39 Å². The summed E-state index contributed by atoms with van der Waals surface area (Å²) in [5.41, 5.74) is 0.413. The summed E-state index contributed by atoms with van der Waals surface area (Å²) in [6.45, 7) is 3.94. The molecule has 0 aromatic carbocycles. The molecular formula is C8H14FN3. The van der Waals surface area contributed by atoms with E-state index in [2.05, 4.69) is 15.4 Å². The lowest BCUT2D eigenvalue weighted by atomic mass is 9.99. The highest BCUT2D eigenvalue weighted by Gasteiger charge is 2.19. The molecule has 1 N–H and O–H groups in total. The zero-order valence-corrected chi connectivity index (χ0v) is 7.42. The Kier molecular flexibility index (Phi) is 3.19. The quantitative estimate of drug-likeness (QED) is 0.754. The van der Waals surface area contributed by atoms with Crippen LogP contribution in [0.1, 0.15) is 38.6 Å². The number of hydrogen-bond acceptors (Lipinski definition) is 2. The van der Waals surface area contributed by atoms with Gasteiger partial charge in [-0.3, -0.25) is 0 Å². The third-order valence-corrected chi connectivity index (χ3v) is 1.96. The van der Waals surface area contributed by atoms with Gasteiger partial charge in [-0.1, -0.05) is 20.3 Å². The molecule has 0 aliphatic heterocycles. The first kappa shape index (κ1) is 9.16. The van der Waals surface area contributed by atoms with Crippen LogP contribution in [0, 0.1) is 5.92 Å². The summed E-state index contributed by atoms with van der Waals surface area (Å²) in [6, 6.07) is 0. The van der Waals surface area contributed by atoms with Crippen molar-refractivity contribution in [2.24, 2.45) is 5.92 Å². The second kappa shape index (κ2) is 4.18. The third kappa shape index (κ3) is 2.03. The van der Waals surface area contributed by atoms with E-state index < -0.39 is 6.17 Å². The van der Waals surface area contributed by atoms with E-state index in [9.17, 15) is 4.39 Å². The number of aromatic nitrogens is 3. The summed E-state index contributed by atoms with van der Waals surface area (Å²) in [5, 5.41) is 9.69. The molecule has 68 valence electrons. The van der Waals surface area contributed by atoms with Gasteiger partial charge in [0.1, 0.15) is 11.9 Å². The summed E-state index contributed by atoms with van der Waals surface area (Å²) >= 11 is 0. The van der Waals surface area contributed by atoms with Gasteiger partial charge in [0.15, 0.2) is 0 Å². The molecule has 1 aromatic rings. The van der Waals surface area contributed by atoms with Crippen molar-refractivity contribution in [1.29, 1.82) is 0 Å². The van der Waals surface area contributed by atoms with Crippen molar-refractivity contribution in [3.05, 3.63) is 11.9 Å². The molecule has 0 aliphatic rings. The summed E-state index contributed by atoms with van der Waals surface area (Å²) in [6.07, 6.45) is 2.34. The number of hydrogen-bond donors (Lipinski definition) is 1. The van der Waals surface area contributed by atoms with Gasteiger partial charge in [0, 0.05) is 0 Å². The van der Waals surface area contributed by atoms with E-state index in [1.165, 1.54) is 6.20 Å². The highest BCUT2D eigenvalue weighted by atomic mass is 19.1. The molecule has 1 heterocycles. The van der Waals surface area contributed by atoms with Gasteiger partial charge in [0.25, 0.3) is 0 Å². The monoisotopic (exact) mass is 171 g/mol. The van der Waals surface area contributed by atoms with E-state index in [0.29, 0.717) is 5.69 Å². The average Bonchev–Trinajstić information content (AvgIpc) is 2.55. The standard InChI is InChI=1S/C8H14FN3/c1-3-4-6(2)8(9)7-5-10-12-11-7/h5-6,8H,3-4H2,1-2H3,(H,10,11,12). The molecule has 1 aromatic heterocycles. The zero-order chi connectivity index (χ0) is 8.97. The molecule has 0 spiro atoms. The van der Waals surface area contributed by atoms with Crippen molar-refractivity contribution >= 4 is 0 Å². The fraction of sp³-hybridized carbons (Fsp3) is 0.750. The molecule has 12 heavy (non-hydrogen) atoms. The van der Waals surface area contributed by atoms with Crippen molar-refractivity contribution in [1.82, 2.24) is 15.4 Å². The number of halogens is 1. The SMILES string of the molecule is CCCC(C)C(F)c1cn[nH]n1. The van der Waals surface area contributed by atoms with Crippen LogP contribution >= 0.6 is 0 Å². The molecule has 0 saturated carbocycles. The second-order valence-corrected chi connectivity index (χ2v) is 3.06. The number of nitrogens with one attached hydrogen (secondary N) is 1. The Bertz CT molecular complexity index is 210. The van der Waals surface area contributed by atoms with Gasteiger partial charge in [-0.25, -0.2) is 4.39 Å². The van der Waals surface area contributed by atoms with Crippen LogP contribution in [0.2, 0.25) is 0 Å². The molecule has 0 saturated heterocycles. The van der Waals surface area contributed by atoms with Gasteiger partial charge in [-0.05, 0) is 12.3 Å². The molecule has 0 amide bonds. The molecule has 0 radical (unpaired) electrons. The summed E-state index contributed by atoms with van der Waals surface area (Å²) in [7, 11) is 0. The minimum Gasteiger partial charge on any atom is -0.240 e. The zero-order valence-electron chi connectivity index (χ0n) is 7.42. The van der Waals surface area contributed by atoms with Gasteiger partial charge in [0.05, 0.1) is 6.20 Å². The Hall–Kier alpha value is -0.930. The first-order valence-electron chi connectivity index (χ1n) is 4.25. The van der Waals surface area contributed by atoms with Crippen LogP contribution in [0.4, 0.5) is 4.39 Å². The largest absolute Gasteiger partial charge is 0.240 e. The maximum absolute atomic E-state index is 13.4. The first-order valence-corrected chi connectivity index (χ1v) is 4.25. The summed E-state index contributed by atoms with van der Waals surface area (Å²) < 4.78 is 13.4. The van der Waals surface area contributed by atoms with E-state index >= 15 is 0 Å². The minimum absolute atomic E-state index is 0.0279. The van der Waals surface area contributed by atoms with E-state index in [0.717, 1.165) is 12.8 Å². The number of nitrogens with zero attached hydrogens (tertiary/aromatic N) is 2. The third-order valence-electron chi connectivity index (χ3n) is 1.96. The predicted molar refractivity (Wildman–Crippen MR) is 44.3 cm³/mol. The van der Waals surface area contributed by atoms with E-state index in [1.54, 1.807) is 0 Å². The van der Waals surface area contributed by atoms with Crippen LogP contribution in [0.3, 0.4) is 0 Å². The maximum atomic E-state index is 13.4. The minimum atomic E-state index is -0.983. The Morgan fingerprint density at radius 2 is 2.42 bits per heavy atom. The molecule has 3 nitrogen and oxygen atoms in total.